The van der Waals surface area contributed by atoms with Crippen molar-refractivity contribution in [2.24, 2.45) is 4.99 Å². The number of piperidine rings is 1. The molecular formula is C19H23N5O3. The van der Waals surface area contributed by atoms with Gasteiger partial charge in [0.2, 0.25) is 17.7 Å². The number of aliphatic imine (C=N–C) groups is 1. The molecule has 1 fully saturated rings. The number of rotatable bonds is 4. The molecule has 8 nitrogen and oxygen atoms in total. The first-order valence-electron chi connectivity index (χ1n) is 8.73. The van der Waals surface area contributed by atoms with Gasteiger partial charge in [-0.1, -0.05) is 12.6 Å². The number of hydrogen-bond acceptors (Lipinski definition) is 6. The number of amidine groups is 1. The molecule has 27 heavy (non-hydrogen) atoms. The Kier molecular flexibility index (Phi) is 5.09. The minimum Gasteiger partial charge on any atom is -0.324 e. The van der Waals surface area contributed by atoms with Crippen molar-refractivity contribution in [2.75, 3.05) is 26.0 Å². The Balaban J connectivity index is 1.94. The van der Waals surface area contributed by atoms with Crippen molar-refractivity contribution < 1.29 is 14.4 Å². The summed E-state index contributed by atoms with van der Waals surface area (Å²) in [5, 5.41) is 5.27. The molecule has 2 N–H and O–H groups in total. The minimum atomic E-state index is -0.558. The summed E-state index contributed by atoms with van der Waals surface area (Å²) in [6.45, 7) is 6.21. The first-order chi connectivity index (χ1) is 12.8. The maximum Gasteiger partial charge on any atom is 0.249 e. The number of anilines is 1. The van der Waals surface area contributed by atoms with Crippen molar-refractivity contribution in [3.63, 3.8) is 0 Å². The summed E-state index contributed by atoms with van der Waals surface area (Å²) in [4.78, 5) is 44.1. The summed E-state index contributed by atoms with van der Waals surface area (Å²) < 4.78 is 0. The molecule has 2 heterocycles. The third kappa shape index (κ3) is 3.75. The van der Waals surface area contributed by atoms with Crippen LogP contribution in [0.1, 0.15) is 25.3 Å². The van der Waals surface area contributed by atoms with E-state index in [-0.39, 0.29) is 30.7 Å². The first kappa shape index (κ1) is 18.8. The SMILES string of the molecule is C=C1c2c(cccc2NC(=O)CN(C)C)N=C(C)N1C1CCC(=O)NC1=O. The fraction of sp³-hybridized carbons (Fsp3) is 0.368. The predicted octanol–water partition coefficient (Wildman–Crippen LogP) is 1.33. The molecule has 1 aromatic carbocycles. The standard InChI is InChI=1S/C19H23N5O3/c1-11-18-13(6-5-7-14(18)21-17(26)10-23(3)4)20-12(2)24(11)15-8-9-16(25)22-19(15)27/h5-7,15H,1,8-10H2,2-4H3,(H,21,26)(H,22,25,27). The van der Waals surface area contributed by atoms with Crippen LogP contribution in [-0.4, -0.2) is 60.0 Å². The summed E-state index contributed by atoms with van der Waals surface area (Å²) in [7, 11) is 3.63. The van der Waals surface area contributed by atoms with E-state index in [2.05, 4.69) is 22.2 Å². The summed E-state index contributed by atoms with van der Waals surface area (Å²) >= 11 is 0. The van der Waals surface area contributed by atoms with Gasteiger partial charge in [-0.25, -0.2) is 4.99 Å². The number of carbonyl (C=O) groups excluding carboxylic acids is 3. The molecule has 0 aromatic heterocycles. The van der Waals surface area contributed by atoms with E-state index in [1.807, 2.05) is 26.2 Å². The number of imide groups is 1. The van der Waals surface area contributed by atoms with E-state index in [1.165, 1.54) is 0 Å². The molecular weight excluding hydrogens is 346 g/mol. The van der Waals surface area contributed by atoms with Crippen molar-refractivity contribution in [2.45, 2.75) is 25.8 Å². The molecule has 1 unspecified atom stereocenters. The van der Waals surface area contributed by atoms with Gasteiger partial charge < -0.3 is 15.1 Å². The highest BCUT2D eigenvalue weighted by Crippen LogP contribution is 2.40. The fourth-order valence-electron chi connectivity index (χ4n) is 3.40. The lowest BCUT2D eigenvalue weighted by Crippen LogP contribution is -2.53. The van der Waals surface area contributed by atoms with E-state index in [4.69, 9.17) is 0 Å². The van der Waals surface area contributed by atoms with E-state index < -0.39 is 6.04 Å². The number of benzene rings is 1. The second-order valence-electron chi connectivity index (χ2n) is 6.93. The van der Waals surface area contributed by atoms with Crippen molar-refractivity contribution in [1.29, 1.82) is 0 Å². The molecule has 3 rings (SSSR count). The van der Waals surface area contributed by atoms with Crippen LogP contribution in [0, 0.1) is 0 Å². The lowest BCUT2D eigenvalue weighted by molar-refractivity contribution is -0.135. The number of nitrogens with zero attached hydrogens (tertiary/aromatic N) is 3. The molecule has 1 saturated heterocycles. The van der Waals surface area contributed by atoms with Gasteiger partial charge in [-0.15, -0.1) is 0 Å². The number of carbonyl (C=O) groups is 3. The van der Waals surface area contributed by atoms with Crippen LogP contribution >= 0.6 is 0 Å². The molecule has 0 saturated carbocycles. The van der Waals surface area contributed by atoms with Gasteiger partial charge in [0.05, 0.1) is 17.9 Å². The normalized spacial score (nSPS) is 19.6. The van der Waals surface area contributed by atoms with Crippen LogP contribution in [0.15, 0.2) is 29.8 Å². The molecule has 8 heteroatoms. The number of likely N-dealkylation sites (N-methyl/N-ethyl adjacent to an activating group) is 1. The third-order valence-corrected chi connectivity index (χ3v) is 4.51. The number of amides is 3. The van der Waals surface area contributed by atoms with Gasteiger partial charge in [0.1, 0.15) is 11.9 Å². The maximum absolute atomic E-state index is 12.3. The Hall–Kier alpha value is -3.00. The largest absolute Gasteiger partial charge is 0.324 e. The second-order valence-corrected chi connectivity index (χ2v) is 6.93. The lowest BCUT2D eigenvalue weighted by atomic mass is 9.98. The molecule has 1 atom stereocenters. The zero-order chi connectivity index (χ0) is 19.7. The van der Waals surface area contributed by atoms with E-state index >= 15 is 0 Å². The Morgan fingerprint density at radius 2 is 2.15 bits per heavy atom. The van der Waals surface area contributed by atoms with Crippen LogP contribution in [0.5, 0.6) is 0 Å². The lowest BCUT2D eigenvalue weighted by Gasteiger charge is -2.38. The summed E-state index contributed by atoms with van der Waals surface area (Å²) in [5.74, 6) is -0.163. The number of fused-ring (bicyclic) bond motifs is 1. The van der Waals surface area contributed by atoms with E-state index in [1.54, 1.807) is 22.8 Å². The molecule has 2 aliphatic rings. The van der Waals surface area contributed by atoms with Crippen molar-refractivity contribution in [3.8, 4) is 0 Å². The Morgan fingerprint density at radius 3 is 2.81 bits per heavy atom. The molecule has 0 radical (unpaired) electrons. The van der Waals surface area contributed by atoms with E-state index in [0.29, 0.717) is 34.9 Å². The van der Waals surface area contributed by atoms with Gasteiger partial charge in [0.25, 0.3) is 0 Å². The van der Waals surface area contributed by atoms with Crippen LogP contribution in [0.25, 0.3) is 5.70 Å². The number of hydrogen-bond donors (Lipinski definition) is 2. The fourth-order valence-corrected chi connectivity index (χ4v) is 3.40. The molecule has 3 amide bonds. The first-order valence-corrected chi connectivity index (χ1v) is 8.73. The van der Waals surface area contributed by atoms with Gasteiger partial charge >= 0.3 is 0 Å². The monoisotopic (exact) mass is 369 g/mol. The van der Waals surface area contributed by atoms with E-state index in [0.717, 1.165) is 0 Å². The molecule has 0 aliphatic carbocycles. The second kappa shape index (κ2) is 7.32. The summed E-state index contributed by atoms with van der Waals surface area (Å²) in [6.07, 6.45) is 0.655. The van der Waals surface area contributed by atoms with Crippen molar-refractivity contribution in [1.82, 2.24) is 15.1 Å². The zero-order valence-electron chi connectivity index (χ0n) is 15.7. The van der Waals surface area contributed by atoms with Gasteiger partial charge in [0, 0.05) is 17.7 Å². The quantitative estimate of drug-likeness (QED) is 0.781. The highest BCUT2D eigenvalue weighted by atomic mass is 16.2. The van der Waals surface area contributed by atoms with E-state index in [9.17, 15) is 14.4 Å². The van der Waals surface area contributed by atoms with Gasteiger partial charge in [-0.05, 0) is 39.6 Å². The van der Waals surface area contributed by atoms with Crippen LogP contribution < -0.4 is 10.6 Å². The topological polar surface area (TPSA) is 94.1 Å². The highest BCUT2D eigenvalue weighted by molar-refractivity contribution is 6.07. The smallest absolute Gasteiger partial charge is 0.249 e. The Morgan fingerprint density at radius 1 is 1.41 bits per heavy atom. The number of nitrogens with one attached hydrogen (secondary N) is 2. The third-order valence-electron chi connectivity index (χ3n) is 4.51. The molecule has 0 spiro atoms. The average molecular weight is 369 g/mol. The zero-order valence-corrected chi connectivity index (χ0v) is 15.7. The molecule has 2 aliphatic heterocycles. The molecule has 0 bridgehead atoms. The minimum absolute atomic E-state index is 0.153. The Labute approximate surface area is 157 Å². The summed E-state index contributed by atoms with van der Waals surface area (Å²) in [5.41, 5.74) is 2.54. The highest BCUT2D eigenvalue weighted by Gasteiger charge is 2.36. The van der Waals surface area contributed by atoms with Crippen LogP contribution in [0.3, 0.4) is 0 Å². The predicted molar refractivity (Wildman–Crippen MR) is 103 cm³/mol. The molecule has 1 aromatic rings. The summed E-state index contributed by atoms with van der Waals surface area (Å²) in [6, 6.07) is 4.89. The Bertz CT molecular complexity index is 859. The van der Waals surface area contributed by atoms with Crippen LogP contribution in [0.2, 0.25) is 0 Å². The van der Waals surface area contributed by atoms with Gasteiger partial charge in [0.15, 0.2) is 0 Å². The average Bonchev–Trinajstić information content (AvgIpc) is 2.55. The van der Waals surface area contributed by atoms with Gasteiger partial charge in [-0.2, -0.15) is 0 Å². The molecule has 142 valence electrons. The van der Waals surface area contributed by atoms with Crippen molar-refractivity contribution in [3.05, 3.63) is 30.3 Å². The van der Waals surface area contributed by atoms with Crippen LogP contribution in [0.4, 0.5) is 11.4 Å². The van der Waals surface area contributed by atoms with Crippen LogP contribution in [-0.2, 0) is 14.4 Å². The van der Waals surface area contributed by atoms with Crippen molar-refractivity contribution >= 4 is 40.6 Å². The maximum atomic E-state index is 12.3. The van der Waals surface area contributed by atoms with Gasteiger partial charge in [-0.3, -0.25) is 19.7 Å².